The Morgan fingerprint density at radius 1 is 1.43 bits per heavy atom. The molecule has 1 N–H and O–H groups in total. The highest BCUT2D eigenvalue weighted by Crippen LogP contribution is 2.28. The average molecular weight is 235 g/mol. The molecule has 0 spiro atoms. The fourth-order valence-electron chi connectivity index (χ4n) is 1.02. The van der Waals surface area contributed by atoms with Gasteiger partial charge in [0, 0.05) is 11.4 Å². The second-order valence-electron chi connectivity index (χ2n) is 2.94. The number of benzene rings is 1. The minimum Gasteiger partial charge on any atom is -0.464 e. The van der Waals surface area contributed by atoms with Gasteiger partial charge in [-0.15, -0.1) is 0 Å². The van der Waals surface area contributed by atoms with Crippen LogP contribution in [0, 0.1) is 0 Å². The molecule has 1 unspecified atom stereocenters. The molecule has 1 aromatic rings. The summed E-state index contributed by atoms with van der Waals surface area (Å²) in [4.78, 5) is 0. The van der Waals surface area contributed by atoms with Crippen LogP contribution in [0.4, 0.5) is 0 Å². The van der Waals surface area contributed by atoms with E-state index in [4.69, 9.17) is 27.9 Å². The topological polar surface area (TPSA) is 29.5 Å². The molecule has 0 aliphatic carbocycles. The van der Waals surface area contributed by atoms with E-state index in [0.29, 0.717) is 22.2 Å². The molecule has 0 fully saturated rings. The molecule has 0 bridgehead atoms. The van der Waals surface area contributed by atoms with E-state index < -0.39 is 6.29 Å². The molecular formula is C10H12Cl2O2. The Morgan fingerprint density at radius 2 is 2.14 bits per heavy atom. The summed E-state index contributed by atoms with van der Waals surface area (Å²) in [6.07, 6.45) is 0.629. The first kappa shape index (κ1) is 11.6. The number of hydrogen-bond acceptors (Lipinski definition) is 2. The van der Waals surface area contributed by atoms with Crippen molar-refractivity contribution in [2.45, 2.75) is 26.1 Å². The molecule has 0 amide bonds. The predicted molar refractivity (Wildman–Crippen MR) is 58.0 cm³/mol. The zero-order valence-corrected chi connectivity index (χ0v) is 9.35. The first-order valence-electron chi connectivity index (χ1n) is 4.43. The number of halogens is 2. The third-order valence-corrected chi connectivity index (χ3v) is 2.22. The average Bonchev–Trinajstić information content (AvgIpc) is 2.10. The minimum absolute atomic E-state index is 0.410. The highest BCUT2D eigenvalue weighted by atomic mass is 35.5. The first-order chi connectivity index (χ1) is 6.63. The maximum Gasteiger partial charge on any atom is 0.197 e. The number of ether oxygens (including phenoxy) is 1. The number of aliphatic hydroxyl groups is 1. The van der Waals surface area contributed by atoms with Crippen LogP contribution in [-0.2, 0) is 0 Å². The van der Waals surface area contributed by atoms with Crippen LogP contribution in [0.25, 0.3) is 0 Å². The monoisotopic (exact) mass is 234 g/mol. The molecular weight excluding hydrogens is 223 g/mol. The number of aliphatic hydroxyl groups excluding tert-OH is 1. The summed E-state index contributed by atoms with van der Waals surface area (Å²) in [5.41, 5.74) is 0. The Labute approximate surface area is 93.4 Å². The molecule has 0 heterocycles. The third-order valence-electron chi connectivity index (χ3n) is 1.69. The molecule has 0 saturated carbocycles. The second kappa shape index (κ2) is 5.44. The van der Waals surface area contributed by atoms with Crippen LogP contribution >= 0.6 is 23.2 Å². The summed E-state index contributed by atoms with van der Waals surface area (Å²) in [6.45, 7) is 1.97. The minimum atomic E-state index is -0.807. The number of hydrogen-bond donors (Lipinski definition) is 1. The molecule has 0 radical (unpaired) electrons. The van der Waals surface area contributed by atoms with Gasteiger partial charge < -0.3 is 9.84 Å². The summed E-state index contributed by atoms with van der Waals surface area (Å²) in [5.74, 6) is 0.456. The quantitative estimate of drug-likeness (QED) is 0.809. The standard InChI is InChI=1S/C10H12Cl2O2/c1-2-3-10(13)14-9-5-4-7(11)6-8(9)12/h4-6,10,13H,2-3H2,1H3. The largest absolute Gasteiger partial charge is 0.464 e. The molecule has 0 aliphatic heterocycles. The Bertz CT molecular complexity index is 302. The molecule has 14 heavy (non-hydrogen) atoms. The summed E-state index contributed by atoms with van der Waals surface area (Å²) >= 11 is 11.6. The number of rotatable bonds is 4. The van der Waals surface area contributed by atoms with Crippen LogP contribution in [0.1, 0.15) is 19.8 Å². The highest BCUT2D eigenvalue weighted by molar-refractivity contribution is 6.35. The molecule has 78 valence electrons. The lowest BCUT2D eigenvalue weighted by molar-refractivity contribution is -0.0232. The Hall–Kier alpha value is -0.440. The van der Waals surface area contributed by atoms with E-state index >= 15 is 0 Å². The highest BCUT2D eigenvalue weighted by Gasteiger charge is 2.07. The zero-order valence-electron chi connectivity index (χ0n) is 7.84. The Kier molecular flexibility index (Phi) is 4.52. The molecule has 1 aromatic carbocycles. The van der Waals surface area contributed by atoms with Gasteiger partial charge in [-0.1, -0.05) is 36.5 Å². The van der Waals surface area contributed by atoms with Crippen molar-refractivity contribution in [1.82, 2.24) is 0 Å². The van der Waals surface area contributed by atoms with Crippen molar-refractivity contribution < 1.29 is 9.84 Å². The van der Waals surface area contributed by atoms with Crippen molar-refractivity contribution in [3.63, 3.8) is 0 Å². The normalized spacial score (nSPS) is 12.6. The van der Waals surface area contributed by atoms with Gasteiger partial charge in [-0.25, -0.2) is 0 Å². The van der Waals surface area contributed by atoms with Crippen molar-refractivity contribution in [2.24, 2.45) is 0 Å². The van der Waals surface area contributed by atoms with Crippen molar-refractivity contribution >= 4 is 23.2 Å². The van der Waals surface area contributed by atoms with Crippen LogP contribution < -0.4 is 4.74 Å². The van der Waals surface area contributed by atoms with Crippen LogP contribution in [0.2, 0.25) is 10.0 Å². The fourth-order valence-corrected chi connectivity index (χ4v) is 1.48. The predicted octanol–water partition coefficient (Wildman–Crippen LogP) is 3.49. The Balaban J connectivity index is 2.67. The van der Waals surface area contributed by atoms with Gasteiger partial charge in [0.05, 0.1) is 5.02 Å². The maximum absolute atomic E-state index is 9.38. The van der Waals surface area contributed by atoms with Gasteiger partial charge in [-0.2, -0.15) is 0 Å². The summed E-state index contributed by atoms with van der Waals surface area (Å²) < 4.78 is 5.21. The lowest BCUT2D eigenvalue weighted by Crippen LogP contribution is -2.14. The van der Waals surface area contributed by atoms with Crippen LogP contribution in [0.5, 0.6) is 5.75 Å². The van der Waals surface area contributed by atoms with E-state index in [9.17, 15) is 5.11 Å². The van der Waals surface area contributed by atoms with E-state index in [1.54, 1.807) is 18.2 Å². The lowest BCUT2D eigenvalue weighted by atomic mass is 10.3. The summed E-state index contributed by atoms with van der Waals surface area (Å²) in [7, 11) is 0. The van der Waals surface area contributed by atoms with Crippen molar-refractivity contribution in [1.29, 1.82) is 0 Å². The Morgan fingerprint density at radius 3 is 2.71 bits per heavy atom. The second-order valence-corrected chi connectivity index (χ2v) is 3.78. The lowest BCUT2D eigenvalue weighted by Gasteiger charge is -2.13. The molecule has 1 rings (SSSR count). The molecule has 1 atom stereocenters. The molecule has 0 saturated heterocycles. The van der Waals surface area contributed by atoms with Gasteiger partial charge in [-0.05, 0) is 18.2 Å². The molecule has 0 aliphatic rings. The van der Waals surface area contributed by atoms with Crippen molar-refractivity contribution in [3.8, 4) is 5.75 Å². The smallest absolute Gasteiger partial charge is 0.197 e. The van der Waals surface area contributed by atoms with E-state index in [-0.39, 0.29) is 0 Å². The zero-order chi connectivity index (χ0) is 10.6. The SMILES string of the molecule is CCCC(O)Oc1ccc(Cl)cc1Cl. The molecule has 2 nitrogen and oxygen atoms in total. The molecule has 4 heteroatoms. The van der Waals surface area contributed by atoms with E-state index in [0.717, 1.165) is 6.42 Å². The van der Waals surface area contributed by atoms with Gasteiger partial charge in [0.2, 0.25) is 0 Å². The fraction of sp³-hybridized carbons (Fsp3) is 0.400. The van der Waals surface area contributed by atoms with Gasteiger partial charge >= 0.3 is 0 Å². The first-order valence-corrected chi connectivity index (χ1v) is 5.19. The van der Waals surface area contributed by atoms with Crippen molar-refractivity contribution in [2.75, 3.05) is 0 Å². The van der Waals surface area contributed by atoms with Crippen LogP contribution in [-0.4, -0.2) is 11.4 Å². The van der Waals surface area contributed by atoms with Gasteiger partial charge in [0.1, 0.15) is 5.75 Å². The van der Waals surface area contributed by atoms with Crippen molar-refractivity contribution in [3.05, 3.63) is 28.2 Å². The maximum atomic E-state index is 9.38. The van der Waals surface area contributed by atoms with Gasteiger partial charge in [0.25, 0.3) is 0 Å². The molecule has 0 aromatic heterocycles. The van der Waals surface area contributed by atoms with E-state index in [1.807, 2.05) is 6.92 Å². The van der Waals surface area contributed by atoms with Crippen LogP contribution in [0.15, 0.2) is 18.2 Å². The summed E-state index contributed by atoms with van der Waals surface area (Å²) in [6, 6.07) is 4.89. The van der Waals surface area contributed by atoms with Gasteiger partial charge in [0.15, 0.2) is 6.29 Å². The van der Waals surface area contributed by atoms with Gasteiger partial charge in [-0.3, -0.25) is 0 Å². The van der Waals surface area contributed by atoms with Crippen LogP contribution in [0.3, 0.4) is 0 Å². The summed E-state index contributed by atoms with van der Waals surface area (Å²) in [5, 5.41) is 10.3. The third kappa shape index (κ3) is 3.37. The van der Waals surface area contributed by atoms with E-state index in [2.05, 4.69) is 0 Å². The van der Waals surface area contributed by atoms with E-state index in [1.165, 1.54) is 0 Å².